The van der Waals surface area contributed by atoms with E-state index in [0.717, 1.165) is 12.8 Å². The topological polar surface area (TPSA) is 75.7 Å². The summed E-state index contributed by atoms with van der Waals surface area (Å²) >= 11 is 5.84. The molecule has 3 rings (SSSR count). The van der Waals surface area contributed by atoms with Gasteiger partial charge in [0.15, 0.2) is 0 Å². The van der Waals surface area contributed by atoms with Gasteiger partial charge >= 0.3 is 0 Å². The van der Waals surface area contributed by atoms with Crippen molar-refractivity contribution < 1.29 is 17.9 Å². The molecular weight excluding hydrogens is 388 g/mol. The second kappa shape index (κ2) is 8.29. The Morgan fingerprint density at radius 2 is 1.63 bits per heavy atom. The van der Waals surface area contributed by atoms with E-state index in [2.05, 4.69) is 4.72 Å². The summed E-state index contributed by atoms with van der Waals surface area (Å²) in [4.78, 5) is 14.0. The van der Waals surface area contributed by atoms with Crippen molar-refractivity contribution in [2.75, 3.05) is 13.6 Å². The number of hydrogen-bond acceptors (Lipinski definition) is 4. The molecule has 0 aromatic heterocycles. The highest BCUT2D eigenvalue weighted by Gasteiger charge is 2.29. The Kier molecular flexibility index (Phi) is 6.04. The summed E-state index contributed by atoms with van der Waals surface area (Å²) < 4.78 is 33.5. The lowest BCUT2D eigenvalue weighted by Gasteiger charge is -2.20. The minimum Gasteiger partial charge on any atom is -0.457 e. The highest BCUT2D eigenvalue weighted by molar-refractivity contribution is 7.89. The zero-order valence-electron chi connectivity index (χ0n) is 14.9. The molecule has 0 radical (unpaired) electrons. The van der Waals surface area contributed by atoms with Crippen LogP contribution in [0.2, 0.25) is 5.02 Å². The lowest BCUT2D eigenvalue weighted by atomic mass is 10.1. The number of nitrogens with zero attached hydrogens (tertiary/aromatic N) is 1. The van der Waals surface area contributed by atoms with Crippen molar-refractivity contribution in [1.29, 1.82) is 0 Å². The molecule has 1 amide bonds. The van der Waals surface area contributed by atoms with Gasteiger partial charge in [-0.3, -0.25) is 4.79 Å². The van der Waals surface area contributed by atoms with Gasteiger partial charge in [0.05, 0.1) is 4.90 Å². The van der Waals surface area contributed by atoms with Crippen LogP contribution in [0.1, 0.15) is 19.3 Å². The molecule has 0 aliphatic carbocycles. The molecule has 0 spiro atoms. The number of hydrogen-bond donors (Lipinski definition) is 1. The zero-order chi connectivity index (χ0) is 19.4. The Bertz CT molecular complexity index is 898. The number of likely N-dealkylation sites (N-methyl/N-ethyl adjacent to an activating group) is 1. The third-order valence-electron chi connectivity index (χ3n) is 4.39. The van der Waals surface area contributed by atoms with Gasteiger partial charge in [0.1, 0.15) is 17.5 Å². The van der Waals surface area contributed by atoms with E-state index in [-0.39, 0.29) is 10.8 Å². The van der Waals surface area contributed by atoms with E-state index in [4.69, 9.17) is 16.3 Å². The number of sulfonamides is 1. The monoisotopic (exact) mass is 408 g/mol. The summed E-state index contributed by atoms with van der Waals surface area (Å²) in [6.45, 7) is 0.647. The fourth-order valence-electron chi connectivity index (χ4n) is 2.89. The maximum atomic E-state index is 12.6. The Morgan fingerprint density at radius 1 is 1.04 bits per heavy atom. The quantitative estimate of drug-likeness (QED) is 0.822. The van der Waals surface area contributed by atoms with Crippen LogP contribution in [-0.2, 0) is 14.8 Å². The van der Waals surface area contributed by atoms with E-state index < -0.39 is 16.1 Å². The molecule has 0 bridgehead atoms. The van der Waals surface area contributed by atoms with Crippen LogP contribution in [0, 0.1) is 0 Å². The van der Waals surface area contributed by atoms with Crippen molar-refractivity contribution in [1.82, 2.24) is 9.62 Å². The molecule has 27 heavy (non-hydrogen) atoms. The number of halogens is 1. The van der Waals surface area contributed by atoms with Gasteiger partial charge in [-0.2, -0.15) is 4.72 Å². The largest absolute Gasteiger partial charge is 0.457 e. The van der Waals surface area contributed by atoms with Crippen LogP contribution in [0.3, 0.4) is 0 Å². The molecule has 2 aromatic rings. The Balaban J connectivity index is 1.71. The van der Waals surface area contributed by atoms with Gasteiger partial charge in [-0.05, 0) is 67.8 Å². The van der Waals surface area contributed by atoms with E-state index in [1.807, 2.05) is 0 Å². The number of ether oxygens (including phenoxy) is 1. The first-order chi connectivity index (χ1) is 12.8. The fourth-order valence-corrected chi connectivity index (χ4v) is 4.24. The molecule has 6 nitrogen and oxygen atoms in total. The van der Waals surface area contributed by atoms with Crippen molar-refractivity contribution in [2.45, 2.75) is 30.2 Å². The Morgan fingerprint density at radius 3 is 2.26 bits per heavy atom. The van der Waals surface area contributed by atoms with E-state index >= 15 is 0 Å². The van der Waals surface area contributed by atoms with Gasteiger partial charge in [0, 0.05) is 18.6 Å². The summed E-state index contributed by atoms with van der Waals surface area (Å²) in [5.74, 6) is 0.903. The lowest BCUT2D eigenvalue weighted by molar-refractivity contribution is -0.131. The number of carbonyl (C=O) groups is 1. The summed E-state index contributed by atoms with van der Waals surface area (Å²) in [6.07, 6.45) is 2.18. The summed E-state index contributed by atoms with van der Waals surface area (Å²) in [5.41, 5.74) is 0. The molecular formula is C19H21ClN2O4S. The van der Waals surface area contributed by atoms with Gasteiger partial charge in [0.25, 0.3) is 0 Å². The summed E-state index contributed by atoms with van der Waals surface area (Å²) in [5, 5.41) is 0.605. The normalized spacial score (nSPS) is 18.2. The van der Waals surface area contributed by atoms with E-state index in [1.54, 1.807) is 48.3 Å². The van der Waals surface area contributed by atoms with Gasteiger partial charge in [0.2, 0.25) is 15.9 Å². The molecule has 1 N–H and O–H groups in total. The molecule has 2 aromatic carbocycles. The van der Waals surface area contributed by atoms with E-state index in [9.17, 15) is 13.2 Å². The predicted octanol–water partition coefficient (Wildman–Crippen LogP) is 3.42. The maximum Gasteiger partial charge on any atom is 0.241 e. The Labute approximate surface area is 164 Å². The molecule has 8 heteroatoms. The first kappa shape index (κ1) is 19.7. The number of carbonyl (C=O) groups excluding carboxylic acids is 1. The van der Waals surface area contributed by atoms with Crippen molar-refractivity contribution in [2.24, 2.45) is 0 Å². The fraction of sp³-hybridized carbons (Fsp3) is 0.316. The molecule has 1 heterocycles. The molecule has 1 saturated heterocycles. The third-order valence-corrected chi connectivity index (χ3v) is 6.13. The maximum absolute atomic E-state index is 12.6. The molecule has 1 aliphatic rings. The first-order valence-electron chi connectivity index (χ1n) is 8.66. The van der Waals surface area contributed by atoms with Crippen LogP contribution in [0.5, 0.6) is 11.5 Å². The van der Waals surface area contributed by atoms with Crippen molar-refractivity contribution >= 4 is 27.5 Å². The average molecular weight is 409 g/mol. The minimum absolute atomic E-state index is 0.0886. The van der Waals surface area contributed by atoms with Gasteiger partial charge < -0.3 is 9.64 Å². The zero-order valence-corrected chi connectivity index (χ0v) is 16.5. The van der Waals surface area contributed by atoms with Crippen LogP contribution in [0.4, 0.5) is 0 Å². The van der Waals surface area contributed by atoms with Crippen LogP contribution in [-0.4, -0.2) is 38.9 Å². The standard InChI is InChI=1S/C19H21ClN2O4S/c1-22-13-3-2-4-18(19(22)23)21-27(24,25)17-11-9-16(10-12-17)26-15-7-5-14(20)6-8-15/h5-12,18,21H,2-4,13H2,1H3. The predicted molar refractivity (Wildman–Crippen MR) is 104 cm³/mol. The smallest absolute Gasteiger partial charge is 0.241 e. The number of nitrogens with one attached hydrogen (secondary N) is 1. The highest BCUT2D eigenvalue weighted by Crippen LogP contribution is 2.24. The third kappa shape index (κ3) is 5.00. The molecule has 1 aliphatic heterocycles. The SMILES string of the molecule is CN1CCCCC(NS(=O)(=O)c2ccc(Oc3ccc(Cl)cc3)cc2)C1=O. The van der Waals surface area contributed by atoms with Gasteiger partial charge in [-0.1, -0.05) is 11.6 Å². The number of amides is 1. The molecule has 0 saturated carbocycles. The average Bonchev–Trinajstić information content (AvgIpc) is 2.80. The Hall–Kier alpha value is -2.09. The molecule has 144 valence electrons. The van der Waals surface area contributed by atoms with Crippen LogP contribution >= 0.6 is 11.6 Å². The van der Waals surface area contributed by atoms with Gasteiger partial charge in [-0.25, -0.2) is 8.42 Å². The van der Waals surface area contributed by atoms with Crippen LogP contribution in [0.15, 0.2) is 53.4 Å². The molecule has 1 atom stereocenters. The minimum atomic E-state index is -3.80. The number of benzene rings is 2. The second-order valence-corrected chi connectivity index (χ2v) is 8.61. The molecule has 1 fully saturated rings. The second-order valence-electron chi connectivity index (χ2n) is 6.46. The number of likely N-dealkylation sites (tertiary alicyclic amines) is 1. The van der Waals surface area contributed by atoms with Crippen LogP contribution in [0.25, 0.3) is 0 Å². The number of rotatable bonds is 5. The van der Waals surface area contributed by atoms with Crippen molar-refractivity contribution in [3.63, 3.8) is 0 Å². The lowest BCUT2D eigenvalue weighted by Crippen LogP contribution is -2.46. The van der Waals surface area contributed by atoms with E-state index in [0.29, 0.717) is 29.5 Å². The van der Waals surface area contributed by atoms with E-state index in [1.165, 1.54) is 12.1 Å². The highest BCUT2D eigenvalue weighted by atomic mass is 35.5. The first-order valence-corrected chi connectivity index (χ1v) is 10.5. The van der Waals surface area contributed by atoms with Crippen LogP contribution < -0.4 is 9.46 Å². The van der Waals surface area contributed by atoms with Crippen molar-refractivity contribution in [3.8, 4) is 11.5 Å². The van der Waals surface area contributed by atoms with Crippen molar-refractivity contribution in [3.05, 3.63) is 53.6 Å². The summed E-state index contributed by atoms with van der Waals surface area (Å²) in [6, 6.07) is 12.2. The summed E-state index contributed by atoms with van der Waals surface area (Å²) in [7, 11) is -2.11. The van der Waals surface area contributed by atoms with Gasteiger partial charge in [-0.15, -0.1) is 0 Å². The molecule has 1 unspecified atom stereocenters.